The van der Waals surface area contributed by atoms with Crippen molar-refractivity contribution in [1.82, 2.24) is 9.97 Å². The zero-order chi connectivity index (χ0) is 15.4. The Kier molecular flexibility index (Phi) is 4.74. The number of hydrogen-bond acceptors (Lipinski definition) is 5. The number of nitrogens with two attached hydrogens (primary N) is 1. The lowest BCUT2D eigenvalue weighted by atomic mass is 10.2. The summed E-state index contributed by atoms with van der Waals surface area (Å²) in [7, 11) is 0. The Hall–Kier alpha value is -1.86. The van der Waals surface area contributed by atoms with Crippen molar-refractivity contribution in [2.24, 2.45) is 10.7 Å². The number of amidine groups is 1. The van der Waals surface area contributed by atoms with E-state index in [0.29, 0.717) is 34.2 Å². The number of aromatic amines is 1. The fourth-order valence-electron chi connectivity index (χ4n) is 2.37. The van der Waals surface area contributed by atoms with Crippen LogP contribution in [0.2, 0.25) is 0 Å². The van der Waals surface area contributed by atoms with E-state index in [4.69, 9.17) is 10.5 Å². The van der Waals surface area contributed by atoms with Crippen LogP contribution in [0.4, 0.5) is 0 Å². The SMILES string of the molecule is NC(=NC[C@H]1CCCO1)SCc1nc2ccccc2c(=O)[nH]1. The highest BCUT2D eigenvalue weighted by atomic mass is 32.2. The molecule has 116 valence electrons. The molecule has 6 nitrogen and oxygen atoms in total. The highest BCUT2D eigenvalue weighted by molar-refractivity contribution is 8.13. The number of benzene rings is 1. The molecule has 1 aromatic carbocycles. The number of H-pyrrole nitrogens is 1. The predicted molar refractivity (Wildman–Crippen MR) is 89.1 cm³/mol. The first-order valence-electron chi connectivity index (χ1n) is 7.24. The van der Waals surface area contributed by atoms with Crippen molar-refractivity contribution < 1.29 is 4.74 Å². The van der Waals surface area contributed by atoms with Gasteiger partial charge < -0.3 is 15.5 Å². The average Bonchev–Trinajstić information content (AvgIpc) is 3.04. The van der Waals surface area contributed by atoms with Crippen molar-refractivity contribution in [3.05, 3.63) is 40.4 Å². The van der Waals surface area contributed by atoms with Gasteiger partial charge in [-0.1, -0.05) is 23.9 Å². The van der Waals surface area contributed by atoms with Gasteiger partial charge in [0.05, 0.1) is 29.3 Å². The molecule has 0 spiro atoms. The largest absolute Gasteiger partial charge is 0.379 e. The fourth-order valence-corrected chi connectivity index (χ4v) is 2.96. The summed E-state index contributed by atoms with van der Waals surface area (Å²) in [4.78, 5) is 23.5. The standard InChI is InChI=1S/C15H18N4O2S/c16-15(17-8-10-4-3-7-21-10)22-9-13-18-12-6-2-1-5-11(12)14(20)19-13/h1-2,5-6,10H,3-4,7-9H2,(H2,16,17)(H,18,19,20)/t10-/m1/s1. The Labute approximate surface area is 132 Å². The van der Waals surface area contributed by atoms with Gasteiger partial charge in [0.25, 0.3) is 5.56 Å². The number of fused-ring (bicyclic) bond motifs is 1. The van der Waals surface area contributed by atoms with Crippen molar-refractivity contribution in [1.29, 1.82) is 0 Å². The van der Waals surface area contributed by atoms with E-state index in [-0.39, 0.29) is 11.7 Å². The predicted octanol–water partition coefficient (Wildman–Crippen LogP) is 1.65. The number of hydrogen-bond donors (Lipinski definition) is 2. The van der Waals surface area contributed by atoms with Crippen molar-refractivity contribution in [3.8, 4) is 0 Å². The number of aromatic nitrogens is 2. The molecule has 0 radical (unpaired) electrons. The molecule has 22 heavy (non-hydrogen) atoms. The van der Waals surface area contributed by atoms with Crippen LogP contribution in [0.5, 0.6) is 0 Å². The molecule has 1 saturated heterocycles. The van der Waals surface area contributed by atoms with Gasteiger partial charge in [0.1, 0.15) is 5.82 Å². The number of thioether (sulfide) groups is 1. The molecule has 0 aliphatic carbocycles. The number of aliphatic imine (C=N–C) groups is 1. The second-order valence-corrected chi connectivity index (χ2v) is 6.13. The van der Waals surface area contributed by atoms with Gasteiger partial charge in [0.2, 0.25) is 0 Å². The van der Waals surface area contributed by atoms with Crippen molar-refractivity contribution in [3.63, 3.8) is 0 Å². The molecule has 1 fully saturated rings. The first-order chi connectivity index (χ1) is 10.7. The van der Waals surface area contributed by atoms with Crippen molar-refractivity contribution in [2.75, 3.05) is 13.2 Å². The lowest BCUT2D eigenvalue weighted by Crippen LogP contribution is -2.16. The summed E-state index contributed by atoms with van der Waals surface area (Å²) in [5, 5.41) is 1.09. The van der Waals surface area contributed by atoms with E-state index >= 15 is 0 Å². The Morgan fingerprint density at radius 1 is 1.50 bits per heavy atom. The van der Waals surface area contributed by atoms with Crippen LogP contribution in [0, 0.1) is 0 Å². The van der Waals surface area contributed by atoms with Gasteiger partial charge in [0.15, 0.2) is 5.17 Å². The normalized spacial score (nSPS) is 18.9. The topological polar surface area (TPSA) is 93.4 Å². The number of para-hydroxylation sites is 1. The van der Waals surface area contributed by atoms with Crippen LogP contribution < -0.4 is 11.3 Å². The lowest BCUT2D eigenvalue weighted by molar-refractivity contribution is 0.118. The molecule has 3 N–H and O–H groups in total. The Bertz CT molecular complexity index is 738. The summed E-state index contributed by atoms with van der Waals surface area (Å²) in [6.07, 6.45) is 2.33. The maximum Gasteiger partial charge on any atom is 0.258 e. The minimum Gasteiger partial charge on any atom is -0.379 e. The molecule has 1 atom stereocenters. The second kappa shape index (κ2) is 6.93. The first-order valence-corrected chi connectivity index (χ1v) is 8.23. The maximum absolute atomic E-state index is 12.0. The number of ether oxygens (including phenoxy) is 1. The van der Waals surface area contributed by atoms with Crippen LogP contribution in [0.1, 0.15) is 18.7 Å². The monoisotopic (exact) mass is 318 g/mol. The Balaban J connectivity index is 1.63. The third-order valence-corrected chi connectivity index (χ3v) is 4.34. The highest BCUT2D eigenvalue weighted by Gasteiger charge is 2.14. The Morgan fingerprint density at radius 2 is 2.36 bits per heavy atom. The van der Waals surface area contributed by atoms with Gasteiger partial charge >= 0.3 is 0 Å². The molecular weight excluding hydrogens is 300 g/mol. The molecule has 1 aliphatic rings. The number of nitrogens with one attached hydrogen (secondary N) is 1. The van der Waals surface area contributed by atoms with Crippen LogP contribution in [0.25, 0.3) is 10.9 Å². The molecule has 0 unspecified atom stereocenters. The molecule has 2 aromatic rings. The average molecular weight is 318 g/mol. The van der Waals surface area contributed by atoms with E-state index in [0.717, 1.165) is 19.4 Å². The van der Waals surface area contributed by atoms with Crippen LogP contribution in [-0.2, 0) is 10.5 Å². The van der Waals surface area contributed by atoms with E-state index in [9.17, 15) is 4.79 Å². The van der Waals surface area contributed by atoms with E-state index < -0.39 is 0 Å². The molecule has 7 heteroatoms. The van der Waals surface area contributed by atoms with Gasteiger partial charge in [-0.25, -0.2) is 4.98 Å². The summed E-state index contributed by atoms with van der Waals surface area (Å²) in [5.74, 6) is 1.09. The molecule has 0 bridgehead atoms. The highest BCUT2D eigenvalue weighted by Crippen LogP contribution is 2.14. The molecule has 1 aromatic heterocycles. The van der Waals surface area contributed by atoms with Gasteiger partial charge in [-0.2, -0.15) is 0 Å². The van der Waals surface area contributed by atoms with Crippen LogP contribution >= 0.6 is 11.8 Å². The summed E-state index contributed by atoms with van der Waals surface area (Å²) in [6, 6.07) is 7.27. The minimum atomic E-state index is -0.129. The van der Waals surface area contributed by atoms with E-state index in [1.54, 1.807) is 6.07 Å². The van der Waals surface area contributed by atoms with E-state index in [1.165, 1.54) is 11.8 Å². The van der Waals surface area contributed by atoms with E-state index in [1.807, 2.05) is 18.2 Å². The zero-order valence-corrected chi connectivity index (χ0v) is 12.9. The van der Waals surface area contributed by atoms with Gasteiger partial charge in [-0.15, -0.1) is 0 Å². The third-order valence-electron chi connectivity index (χ3n) is 3.49. The van der Waals surface area contributed by atoms with E-state index in [2.05, 4.69) is 15.0 Å². The smallest absolute Gasteiger partial charge is 0.258 e. The van der Waals surface area contributed by atoms with Crippen LogP contribution in [0.15, 0.2) is 34.1 Å². The van der Waals surface area contributed by atoms with Gasteiger partial charge in [-0.05, 0) is 25.0 Å². The maximum atomic E-state index is 12.0. The molecule has 2 heterocycles. The summed E-state index contributed by atoms with van der Waals surface area (Å²) >= 11 is 1.37. The molecule has 3 rings (SSSR count). The second-order valence-electron chi connectivity index (χ2n) is 5.13. The third kappa shape index (κ3) is 3.66. The molecule has 0 amide bonds. The fraction of sp³-hybridized carbons (Fsp3) is 0.400. The van der Waals surface area contributed by atoms with Crippen molar-refractivity contribution in [2.45, 2.75) is 24.7 Å². The van der Waals surface area contributed by atoms with Gasteiger partial charge in [-0.3, -0.25) is 9.79 Å². The molecule has 1 aliphatic heterocycles. The van der Waals surface area contributed by atoms with Crippen LogP contribution in [0.3, 0.4) is 0 Å². The van der Waals surface area contributed by atoms with Gasteiger partial charge in [0, 0.05) is 6.61 Å². The van der Waals surface area contributed by atoms with Crippen molar-refractivity contribution >= 4 is 27.8 Å². The number of nitrogens with zero attached hydrogens (tertiary/aromatic N) is 2. The van der Waals surface area contributed by atoms with Crippen LogP contribution in [-0.4, -0.2) is 34.4 Å². The molecular formula is C15H18N4O2S. The summed E-state index contributed by atoms with van der Waals surface area (Å²) < 4.78 is 5.50. The summed E-state index contributed by atoms with van der Waals surface area (Å²) in [6.45, 7) is 1.41. The first kappa shape index (κ1) is 15.1. The number of rotatable bonds is 4. The summed E-state index contributed by atoms with van der Waals surface area (Å²) in [5.41, 5.74) is 6.45. The minimum absolute atomic E-state index is 0.129. The lowest BCUT2D eigenvalue weighted by Gasteiger charge is -2.06. The molecule has 0 saturated carbocycles. The quantitative estimate of drug-likeness (QED) is 0.660. The Morgan fingerprint density at radius 3 is 3.18 bits per heavy atom. The zero-order valence-electron chi connectivity index (χ0n) is 12.1.